The molecule has 0 bridgehead atoms. The van der Waals surface area contributed by atoms with Crippen molar-refractivity contribution in [2.24, 2.45) is 0 Å². The lowest BCUT2D eigenvalue weighted by Gasteiger charge is -2.07. The minimum absolute atomic E-state index is 0.0434. The molecule has 2 aromatic rings. The van der Waals surface area contributed by atoms with Crippen LogP contribution in [-0.2, 0) is 16.4 Å². The van der Waals surface area contributed by atoms with Crippen LogP contribution in [0.1, 0.15) is 5.82 Å². The molecule has 3 N–H and O–H groups in total. The molecule has 0 aliphatic rings. The standard InChI is InChI=1S/C9H11N5O3S/c10-7-1-3-11-5-8(7)18(15,16)13-4-2-9-12-6-17-14-9/h1,3,5-6,13H,2,4H2,(H2,10,11). The van der Waals surface area contributed by atoms with Gasteiger partial charge in [0, 0.05) is 25.4 Å². The van der Waals surface area contributed by atoms with E-state index in [0.717, 1.165) is 0 Å². The molecule has 2 heterocycles. The predicted molar refractivity (Wildman–Crippen MR) is 61.8 cm³/mol. The monoisotopic (exact) mass is 269 g/mol. The second-order valence-electron chi connectivity index (χ2n) is 3.41. The van der Waals surface area contributed by atoms with Crippen LogP contribution in [0.15, 0.2) is 34.3 Å². The lowest BCUT2D eigenvalue weighted by atomic mass is 10.4. The van der Waals surface area contributed by atoms with Crippen LogP contribution in [0.2, 0.25) is 0 Å². The van der Waals surface area contributed by atoms with E-state index in [1.165, 1.54) is 24.9 Å². The molecule has 0 radical (unpaired) electrons. The highest BCUT2D eigenvalue weighted by atomic mass is 32.2. The number of hydrogen-bond donors (Lipinski definition) is 2. The number of anilines is 1. The Hall–Kier alpha value is -2.00. The second-order valence-corrected chi connectivity index (χ2v) is 5.14. The quantitative estimate of drug-likeness (QED) is 0.754. The van der Waals surface area contributed by atoms with Crippen LogP contribution in [0.25, 0.3) is 0 Å². The number of pyridine rings is 1. The van der Waals surface area contributed by atoms with E-state index in [0.29, 0.717) is 12.2 Å². The zero-order valence-corrected chi connectivity index (χ0v) is 10.1. The Kier molecular flexibility index (Phi) is 3.53. The maximum atomic E-state index is 11.9. The summed E-state index contributed by atoms with van der Waals surface area (Å²) in [6.07, 6.45) is 4.14. The van der Waals surface area contributed by atoms with Crippen LogP contribution in [-0.4, -0.2) is 30.1 Å². The molecule has 0 unspecified atom stereocenters. The average molecular weight is 269 g/mol. The molecule has 18 heavy (non-hydrogen) atoms. The van der Waals surface area contributed by atoms with E-state index < -0.39 is 10.0 Å². The van der Waals surface area contributed by atoms with Crippen molar-refractivity contribution in [3.05, 3.63) is 30.7 Å². The van der Waals surface area contributed by atoms with Crippen molar-refractivity contribution >= 4 is 15.7 Å². The van der Waals surface area contributed by atoms with Crippen molar-refractivity contribution < 1.29 is 12.9 Å². The Morgan fingerprint density at radius 2 is 2.28 bits per heavy atom. The molecule has 0 fully saturated rings. The molecular formula is C9H11N5O3S. The molecule has 0 aromatic carbocycles. The lowest BCUT2D eigenvalue weighted by Crippen LogP contribution is -2.27. The molecule has 0 amide bonds. The Bertz CT molecular complexity index is 611. The molecule has 8 nitrogen and oxygen atoms in total. The second kappa shape index (κ2) is 5.10. The van der Waals surface area contributed by atoms with Crippen molar-refractivity contribution in [2.75, 3.05) is 12.3 Å². The molecule has 0 aliphatic heterocycles. The maximum absolute atomic E-state index is 11.9. The molecular weight excluding hydrogens is 258 g/mol. The maximum Gasteiger partial charge on any atom is 0.244 e. The van der Waals surface area contributed by atoms with Gasteiger partial charge in [-0.25, -0.2) is 13.1 Å². The summed E-state index contributed by atoms with van der Waals surface area (Å²) in [5.74, 6) is 0.428. The van der Waals surface area contributed by atoms with Gasteiger partial charge in [0.2, 0.25) is 16.4 Å². The summed E-state index contributed by atoms with van der Waals surface area (Å²) in [6, 6.07) is 1.42. The number of nitrogen functional groups attached to an aromatic ring is 1. The molecule has 0 saturated heterocycles. The topological polar surface area (TPSA) is 124 Å². The van der Waals surface area contributed by atoms with Crippen molar-refractivity contribution in [3.8, 4) is 0 Å². The Morgan fingerprint density at radius 3 is 2.94 bits per heavy atom. The van der Waals surface area contributed by atoms with Crippen molar-refractivity contribution in [1.82, 2.24) is 19.8 Å². The van der Waals surface area contributed by atoms with E-state index in [4.69, 9.17) is 5.73 Å². The molecule has 0 aliphatic carbocycles. The summed E-state index contributed by atoms with van der Waals surface area (Å²) < 4.78 is 30.7. The molecule has 2 rings (SSSR count). The SMILES string of the molecule is Nc1ccncc1S(=O)(=O)NCCc1ncon1. The third-order valence-electron chi connectivity index (χ3n) is 2.15. The van der Waals surface area contributed by atoms with Gasteiger partial charge in [0.1, 0.15) is 4.90 Å². The highest BCUT2D eigenvalue weighted by Gasteiger charge is 2.17. The van der Waals surface area contributed by atoms with Gasteiger partial charge in [-0.3, -0.25) is 4.98 Å². The summed E-state index contributed by atoms with van der Waals surface area (Å²) in [7, 11) is -3.67. The third kappa shape index (κ3) is 2.81. The van der Waals surface area contributed by atoms with E-state index in [2.05, 4.69) is 24.4 Å². The lowest BCUT2D eigenvalue weighted by molar-refractivity contribution is 0.410. The van der Waals surface area contributed by atoms with Crippen LogP contribution in [0.3, 0.4) is 0 Å². The number of rotatable bonds is 5. The van der Waals surface area contributed by atoms with Gasteiger partial charge in [-0.05, 0) is 6.07 Å². The number of nitrogens with one attached hydrogen (secondary N) is 1. The van der Waals surface area contributed by atoms with Gasteiger partial charge in [-0.2, -0.15) is 4.98 Å². The fourth-order valence-electron chi connectivity index (χ4n) is 1.29. The fraction of sp³-hybridized carbons (Fsp3) is 0.222. The third-order valence-corrected chi connectivity index (χ3v) is 3.66. The highest BCUT2D eigenvalue weighted by molar-refractivity contribution is 7.89. The highest BCUT2D eigenvalue weighted by Crippen LogP contribution is 2.14. The summed E-state index contributed by atoms with van der Waals surface area (Å²) in [6.45, 7) is 0.149. The van der Waals surface area contributed by atoms with Crippen molar-refractivity contribution in [1.29, 1.82) is 0 Å². The number of aromatic nitrogens is 3. The van der Waals surface area contributed by atoms with Crippen molar-refractivity contribution in [3.63, 3.8) is 0 Å². The first-order chi connectivity index (χ1) is 8.59. The van der Waals surface area contributed by atoms with E-state index >= 15 is 0 Å². The molecule has 0 atom stereocenters. The van der Waals surface area contributed by atoms with Gasteiger partial charge >= 0.3 is 0 Å². The summed E-state index contributed by atoms with van der Waals surface area (Å²) in [5.41, 5.74) is 5.72. The Labute approximate surface area is 103 Å². The number of nitrogens with zero attached hydrogens (tertiary/aromatic N) is 3. The Morgan fingerprint density at radius 1 is 1.44 bits per heavy atom. The first-order valence-corrected chi connectivity index (χ1v) is 6.52. The summed E-state index contributed by atoms with van der Waals surface area (Å²) in [5, 5.41) is 3.57. The Balaban J connectivity index is 2.02. The predicted octanol–water partition coefficient (Wildman–Crippen LogP) is -0.432. The van der Waals surface area contributed by atoms with Crippen LogP contribution < -0.4 is 10.5 Å². The number of nitrogens with two attached hydrogens (primary N) is 1. The van der Waals surface area contributed by atoms with E-state index in [1.807, 2.05) is 0 Å². The van der Waals surface area contributed by atoms with E-state index in [9.17, 15) is 8.42 Å². The largest absolute Gasteiger partial charge is 0.398 e. The van der Waals surface area contributed by atoms with Gasteiger partial charge < -0.3 is 10.3 Å². The van der Waals surface area contributed by atoms with Crippen LogP contribution in [0.5, 0.6) is 0 Å². The zero-order chi connectivity index (χ0) is 13.0. The van der Waals surface area contributed by atoms with Gasteiger partial charge in [0.15, 0.2) is 5.82 Å². The van der Waals surface area contributed by atoms with Gasteiger partial charge in [-0.15, -0.1) is 0 Å². The molecule has 9 heteroatoms. The first-order valence-electron chi connectivity index (χ1n) is 5.04. The van der Waals surface area contributed by atoms with Crippen molar-refractivity contribution in [2.45, 2.75) is 11.3 Å². The normalized spacial score (nSPS) is 11.6. The van der Waals surface area contributed by atoms with Crippen LogP contribution in [0.4, 0.5) is 5.69 Å². The molecule has 0 saturated carbocycles. The van der Waals surface area contributed by atoms with Gasteiger partial charge in [-0.1, -0.05) is 5.16 Å². The minimum atomic E-state index is -3.67. The van der Waals surface area contributed by atoms with E-state index in [-0.39, 0.29) is 17.1 Å². The zero-order valence-electron chi connectivity index (χ0n) is 9.28. The minimum Gasteiger partial charge on any atom is -0.398 e. The van der Waals surface area contributed by atoms with E-state index in [1.54, 1.807) is 0 Å². The van der Waals surface area contributed by atoms with Crippen LogP contribution in [0, 0.1) is 0 Å². The molecule has 0 spiro atoms. The van der Waals surface area contributed by atoms with Gasteiger partial charge in [0.05, 0.1) is 5.69 Å². The number of sulfonamides is 1. The molecule has 2 aromatic heterocycles. The summed E-state index contributed by atoms with van der Waals surface area (Å²) >= 11 is 0. The average Bonchev–Trinajstić information content (AvgIpc) is 2.82. The summed E-state index contributed by atoms with van der Waals surface area (Å²) in [4.78, 5) is 7.46. The first kappa shape index (κ1) is 12.5. The number of hydrogen-bond acceptors (Lipinski definition) is 7. The smallest absolute Gasteiger partial charge is 0.244 e. The molecule has 96 valence electrons. The fourth-order valence-corrected chi connectivity index (χ4v) is 2.40. The van der Waals surface area contributed by atoms with Gasteiger partial charge in [0.25, 0.3) is 0 Å². The van der Waals surface area contributed by atoms with Crippen LogP contribution >= 0.6 is 0 Å².